The molecule has 1 saturated heterocycles. The smallest absolute Gasteiger partial charge is 0.680 e. The molecule has 1 fully saturated rings. The minimum absolute atomic E-state index is 0. The fraction of sp³-hybridized carbons (Fsp3) is 0.625. The van der Waals surface area contributed by atoms with Crippen LogP contribution in [0.3, 0.4) is 0 Å². The first-order chi connectivity index (χ1) is 4.63. The van der Waals surface area contributed by atoms with Gasteiger partial charge >= 0.3 is 29.6 Å². The van der Waals surface area contributed by atoms with Gasteiger partial charge in [-0.3, -0.25) is 6.54 Å². The fourth-order valence-electron chi connectivity index (χ4n) is 0.419. The van der Waals surface area contributed by atoms with E-state index in [1.165, 1.54) is 0 Å². The van der Waals surface area contributed by atoms with Crippen LogP contribution in [0.4, 0.5) is 0 Å². The van der Waals surface area contributed by atoms with Gasteiger partial charge in [0.05, 0.1) is 0 Å². The van der Waals surface area contributed by atoms with Crippen LogP contribution < -0.4 is 29.6 Å². The number of hydrogen-bond donors (Lipinski definition) is 0. The van der Waals surface area contributed by atoms with Gasteiger partial charge in [-0.15, -0.1) is 6.42 Å². The van der Waals surface area contributed by atoms with Crippen molar-refractivity contribution in [2.45, 2.75) is 20.3 Å². The molecule has 1 aliphatic heterocycles. The zero-order chi connectivity index (χ0) is 7.98. The molecule has 0 aromatic heterocycles. The molecule has 1 heterocycles. The maximum atomic E-state index is 10.0. The van der Waals surface area contributed by atoms with Gasteiger partial charge in [0.1, 0.15) is 0 Å². The first-order valence-corrected chi connectivity index (χ1v) is 3.48. The Hall–Kier alpha value is 53.1. The molecule has 1 amide bonds. The van der Waals surface area contributed by atoms with Gasteiger partial charge < -0.3 is 23.5 Å². The summed E-state index contributed by atoms with van der Waals surface area (Å²) in [5.41, 5.74) is 0. The van der Waals surface area contributed by atoms with Crippen LogP contribution in [0.5, 0.6) is 0 Å². The van der Waals surface area contributed by atoms with Gasteiger partial charge in [-0.2, -0.15) is 5.92 Å². The molecule has 0 unspecified atom stereocenters. The second-order valence-electron chi connectivity index (χ2n) is 2.62. The number of carbonyl (C=O) groups is 1. The normalized spacial score (nSPS) is 1.60. The van der Waals surface area contributed by atoms with E-state index in [1.807, 2.05) is 6.42 Å². The van der Waals surface area contributed by atoms with Crippen LogP contribution in [0.25, 0.3) is 5.32 Å². The van der Waals surface area contributed by atoms with Crippen molar-refractivity contribution in [3.63, 3.8) is 0 Å². The zero-order valence-corrected chi connectivity index (χ0v) is 176. The summed E-state index contributed by atoms with van der Waals surface area (Å²) in [5, 5.41) is 3.54. The molecular formula is C8H14NNaOV90-2. The molecule has 1 aliphatic rings. The second kappa shape index (κ2) is 890. The number of carbonyl (C=O) groups excluding carboxylic acids is 1. The standard InChI is InChI=1S/C4H6NO.C4H9.Na.90V/c6-4-2-1-3-5-4;1-4(2)3;;;;;;;;;;;;;;;;;;;;;;;;;;;;;;;;;;;;;;;;;;;;;;;;;;;;;;;;;;;;;;;;;;;;;;;;;;;;;;;;;;;;;;;;;;;/h1H,2-3H2,(H,5,6);4H,1H2,2-3H3;;;;;;;;;;;;;;;;;;;;;;;;;;;;;;;;;;;;;;;;;;;;;;;;;;;;;;;;;;;;;;;;;;;;;;;;;;;;;;;;;;;;;;;;;;;/q2*-1;+1;;;;;;;;;;;;;;;;;;;;;;;;;;;;;;;;;;;;;;;;;;;;;;;;;;;;;;;;;;;;;;;;;;;;;;;;;;;;;;;;;;;;;;;;;;/p-1. The van der Waals surface area contributed by atoms with Gasteiger partial charge in [0.2, 0.25) is 0 Å². The summed E-state index contributed by atoms with van der Waals surface area (Å²) in [5.74, 6) is 0.606. The maximum Gasteiger partial charge on any atom is 1.00 e. The first-order valence-electron chi connectivity index (χ1n) is 3.48. The predicted molar refractivity (Wildman–Crippen MR) is 42.3 cm³/mol. The number of rotatable bonds is 0. The summed E-state index contributed by atoms with van der Waals surface area (Å²) < 4.78 is 0. The molecule has 0 aliphatic carbocycles. The molecule has 93 heteroatoms. The monoisotopic (exact) mass is 4750 g/mol. The number of nitrogens with zero attached hydrogens (tertiary/aromatic N) is 1. The van der Waals surface area contributed by atoms with E-state index in [0.717, 1.165) is 0 Å². The first kappa shape index (κ1) is 937. The Morgan fingerprint density at radius 2 is 0.238 bits per heavy atom. The Morgan fingerprint density at radius 1 is 0.188 bits per heavy atom. The topological polar surface area (TPSA) is 31.2 Å². The maximum absolute atomic E-state index is 10.0. The van der Waals surface area contributed by atoms with Gasteiger partial charge in [0, 0.05) is 1680 Å². The van der Waals surface area contributed by atoms with Gasteiger partial charge in [-0.25, -0.2) is 0 Å². The van der Waals surface area contributed by atoms with Crippen LogP contribution in [-0.2, 0) is 1670 Å². The SMILES string of the molecule is O=C1C[CH-]C[N-]1.[CH2-]C(C)C.[Na+].[V].[V].[V].[V].[V].[V].[V].[V].[V].[V].[V].[V].[V].[V].[V].[V].[V].[V].[V].[V].[V].[V].[V].[V].[V].[V].[V].[V].[V].[V].[V].[V].[V].[V].[V].[V].[V].[V].[V].[V].[V].[V].[V].[V].[V].[V].[V].[V].[V].[V].[V].[V].[V].[V].[V].[V].[V].[V].[V].[V].[V].[V].[V].[V].[V].[V].[V].[V].[V].[V].[V].[V].[V].[V].[V].[V].[V].[V].[V].[V].[V].[V].[V].[V].[V].[V].[V].[V].[V].[V]. The Balaban J connectivity index is -0.0000000000941. The Morgan fingerprint density at radius 3 is 0.248 bits per heavy atom. The number of amides is 1. The molecule has 510 valence electrons. The van der Waals surface area contributed by atoms with Crippen LogP contribution in [0.1, 0.15) is 20.3 Å². The van der Waals surface area contributed by atoms with E-state index in [-0.39, 0.29) is 1710 Å². The van der Waals surface area contributed by atoms with Crippen molar-refractivity contribution in [2.24, 2.45) is 5.92 Å². The van der Waals surface area contributed by atoms with Gasteiger partial charge in [0.15, 0.2) is 0 Å². The van der Waals surface area contributed by atoms with E-state index in [9.17, 15) is 4.79 Å². The van der Waals surface area contributed by atoms with E-state index in [2.05, 4.69) is 26.1 Å². The van der Waals surface area contributed by atoms with Crippen LogP contribution in [0.15, 0.2) is 0 Å². The molecule has 1 rings (SSSR count). The minimum atomic E-state index is 0. The quantitative estimate of drug-likeness (QED) is 0.221. The molecule has 101 heavy (non-hydrogen) atoms. The van der Waals surface area contributed by atoms with Crippen LogP contribution in [0.2, 0.25) is 0 Å². The zero-order valence-electron chi connectivity index (χ0n) is 47.9. The third-order valence-corrected chi connectivity index (χ3v) is 0.716. The van der Waals surface area contributed by atoms with Gasteiger partial charge in [0.25, 0.3) is 0 Å². The molecule has 0 spiro atoms. The molecule has 0 N–H and O–H groups in total. The predicted octanol–water partition coefficient (Wildman–Crippen LogP) is -1.25. The Bertz CT molecular complexity index is 144. The van der Waals surface area contributed by atoms with Gasteiger partial charge in [-0.05, 0) is 0 Å². The molecule has 0 bridgehead atoms. The average molecular weight is 4750 g/mol. The third-order valence-electron chi connectivity index (χ3n) is 0.716. The minimum Gasteiger partial charge on any atom is -0.680 e. The summed E-state index contributed by atoms with van der Waals surface area (Å²) in [7, 11) is 0. The Kier molecular flexibility index (Phi) is 8260. The van der Waals surface area contributed by atoms with E-state index in [0.29, 0.717) is 18.9 Å². The summed E-state index contributed by atoms with van der Waals surface area (Å²) in [6.07, 6.45) is 2.42. The molecule has 0 aromatic carbocycles. The van der Waals surface area contributed by atoms with E-state index < -0.39 is 0 Å². The van der Waals surface area contributed by atoms with Crippen molar-refractivity contribution in [1.29, 1.82) is 0 Å². The van der Waals surface area contributed by atoms with Crippen molar-refractivity contribution in [3.05, 3.63) is 18.7 Å². The van der Waals surface area contributed by atoms with E-state index >= 15 is 0 Å². The van der Waals surface area contributed by atoms with Crippen molar-refractivity contribution >= 4 is 5.91 Å². The second-order valence-corrected chi connectivity index (χ2v) is 2.62. The van der Waals surface area contributed by atoms with E-state index in [1.54, 1.807) is 0 Å². The molecule has 0 aromatic rings. The van der Waals surface area contributed by atoms with Crippen molar-refractivity contribution in [2.75, 3.05) is 6.54 Å². The fourth-order valence-corrected chi connectivity index (χ4v) is 0.419. The molecule has 0 saturated carbocycles. The number of hydrogen-bond acceptors (Lipinski definition) is 1. The average Bonchev–Trinajstić information content (AvgIpc) is 2.15. The van der Waals surface area contributed by atoms with Crippen molar-refractivity contribution in [3.8, 4) is 0 Å². The van der Waals surface area contributed by atoms with Crippen LogP contribution in [0, 0.1) is 19.3 Å². The molecular weight excluding hydrogens is 4730 g/mol. The molecule has 90 radical (unpaired) electrons. The van der Waals surface area contributed by atoms with Crippen molar-refractivity contribution < 1.29 is 1700 Å². The van der Waals surface area contributed by atoms with Crippen LogP contribution in [-0.4, -0.2) is 12.5 Å². The van der Waals surface area contributed by atoms with E-state index in [4.69, 9.17) is 0 Å². The summed E-state index contributed by atoms with van der Waals surface area (Å²) in [6, 6.07) is 0. The summed E-state index contributed by atoms with van der Waals surface area (Å²) in [4.78, 5) is 10.0. The molecule has 2 nitrogen and oxygen atoms in total. The largest absolute Gasteiger partial charge is 1.00 e. The molecule has 0 atom stereocenters. The summed E-state index contributed by atoms with van der Waals surface area (Å²) in [6.45, 7) is 8.39. The Labute approximate surface area is 1710 Å². The third kappa shape index (κ3) is 968. The van der Waals surface area contributed by atoms with Gasteiger partial charge in [-0.1, -0.05) is 13.8 Å². The summed E-state index contributed by atoms with van der Waals surface area (Å²) >= 11 is 0. The van der Waals surface area contributed by atoms with Crippen LogP contribution >= 0.6 is 0 Å². The van der Waals surface area contributed by atoms with Crippen molar-refractivity contribution in [1.82, 2.24) is 0 Å².